The van der Waals surface area contributed by atoms with Gasteiger partial charge in [0, 0.05) is 25.0 Å². The molecule has 0 amide bonds. The van der Waals surface area contributed by atoms with E-state index in [-0.39, 0.29) is 0 Å². The number of aryl methyl sites for hydroxylation is 2. The Kier molecular flexibility index (Phi) is 6.58. The fourth-order valence-corrected chi connectivity index (χ4v) is 3.40. The zero-order valence-corrected chi connectivity index (χ0v) is 13.3. The van der Waals surface area contributed by atoms with Crippen LogP contribution in [0.25, 0.3) is 0 Å². The summed E-state index contributed by atoms with van der Waals surface area (Å²) in [6.45, 7) is 3.41. The first-order chi connectivity index (χ1) is 9.79. The van der Waals surface area contributed by atoms with Crippen LogP contribution in [0, 0.1) is 5.92 Å². The quantitative estimate of drug-likeness (QED) is 0.746. The molecule has 1 N–H and O–H groups in total. The Morgan fingerprint density at radius 1 is 1.35 bits per heavy atom. The molecule has 114 valence electrons. The number of hydrogen-bond donors (Lipinski definition) is 1. The smallest absolute Gasteiger partial charge is 0.0492 e. The first-order valence-corrected chi connectivity index (χ1v) is 8.50. The average Bonchev–Trinajstić information content (AvgIpc) is 3.10. The van der Waals surface area contributed by atoms with Crippen LogP contribution < -0.4 is 5.32 Å². The van der Waals surface area contributed by atoms with Crippen LogP contribution >= 0.6 is 0 Å². The molecule has 0 aliphatic heterocycles. The predicted octanol–water partition coefficient (Wildman–Crippen LogP) is 3.69. The summed E-state index contributed by atoms with van der Waals surface area (Å²) in [6, 6.07) is 2.83. The number of hydrogen-bond acceptors (Lipinski definition) is 2. The van der Waals surface area contributed by atoms with Gasteiger partial charge < -0.3 is 5.32 Å². The van der Waals surface area contributed by atoms with Gasteiger partial charge in [-0.3, -0.25) is 4.68 Å². The van der Waals surface area contributed by atoms with Gasteiger partial charge in [-0.25, -0.2) is 0 Å². The fourth-order valence-electron chi connectivity index (χ4n) is 3.40. The highest BCUT2D eigenvalue weighted by atomic mass is 15.2. The van der Waals surface area contributed by atoms with Crippen LogP contribution in [0.1, 0.15) is 64.0 Å². The Hall–Kier alpha value is -0.830. The van der Waals surface area contributed by atoms with Crippen molar-refractivity contribution < 1.29 is 0 Å². The Labute approximate surface area is 124 Å². The highest BCUT2D eigenvalue weighted by Crippen LogP contribution is 2.29. The van der Waals surface area contributed by atoms with E-state index in [9.17, 15) is 0 Å². The van der Waals surface area contributed by atoms with Crippen LogP contribution in [0.15, 0.2) is 12.3 Å². The highest BCUT2D eigenvalue weighted by Gasteiger charge is 2.17. The lowest BCUT2D eigenvalue weighted by Gasteiger charge is -2.20. The summed E-state index contributed by atoms with van der Waals surface area (Å²) in [5, 5.41) is 8.01. The van der Waals surface area contributed by atoms with Crippen molar-refractivity contribution in [1.29, 1.82) is 0 Å². The van der Waals surface area contributed by atoms with Crippen LogP contribution in [0.2, 0.25) is 0 Å². The summed E-state index contributed by atoms with van der Waals surface area (Å²) in [6.07, 6.45) is 14.2. The van der Waals surface area contributed by atoms with Gasteiger partial charge in [0.2, 0.25) is 0 Å². The Morgan fingerprint density at radius 3 is 2.80 bits per heavy atom. The van der Waals surface area contributed by atoms with Gasteiger partial charge in [-0.15, -0.1) is 0 Å². The van der Waals surface area contributed by atoms with E-state index in [2.05, 4.69) is 23.4 Å². The summed E-state index contributed by atoms with van der Waals surface area (Å²) in [5.41, 5.74) is 1.36. The molecule has 1 fully saturated rings. The lowest BCUT2D eigenvalue weighted by Crippen LogP contribution is -2.31. The molecule has 1 aromatic rings. The lowest BCUT2D eigenvalue weighted by molar-refractivity contribution is 0.387. The first kappa shape index (κ1) is 15.6. The molecule has 0 radical (unpaired) electrons. The SMILES string of the molecule is CCCNC(CCc1ccnn1C)CCC1CCCC1. The molecule has 1 atom stereocenters. The fraction of sp³-hybridized carbons (Fsp3) is 0.824. The van der Waals surface area contributed by atoms with Gasteiger partial charge >= 0.3 is 0 Å². The van der Waals surface area contributed by atoms with Crippen molar-refractivity contribution in [3.8, 4) is 0 Å². The van der Waals surface area contributed by atoms with Gasteiger partial charge in [-0.1, -0.05) is 32.6 Å². The van der Waals surface area contributed by atoms with E-state index in [0.29, 0.717) is 6.04 Å². The van der Waals surface area contributed by atoms with Crippen molar-refractivity contribution in [2.75, 3.05) is 6.54 Å². The number of nitrogens with zero attached hydrogens (tertiary/aromatic N) is 2. The molecule has 1 saturated carbocycles. The summed E-state index contributed by atoms with van der Waals surface area (Å²) in [7, 11) is 2.04. The monoisotopic (exact) mass is 277 g/mol. The standard InChI is InChI=1S/C17H31N3/c1-3-13-18-16(9-8-15-6-4-5-7-15)10-11-17-12-14-19-20(17)2/h12,14-16,18H,3-11,13H2,1-2H3. The van der Waals surface area contributed by atoms with Crippen molar-refractivity contribution in [2.24, 2.45) is 13.0 Å². The van der Waals surface area contributed by atoms with Crippen molar-refractivity contribution in [2.45, 2.75) is 70.8 Å². The van der Waals surface area contributed by atoms with Crippen molar-refractivity contribution in [3.63, 3.8) is 0 Å². The largest absolute Gasteiger partial charge is 0.314 e. The van der Waals surface area contributed by atoms with Crippen LogP contribution in [-0.2, 0) is 13.5 Å². The second-order valence-corrected chi connectivity index (χ2v) is 6.36. The van der Waals surface area contributed by atoms with Crippen molar-refractivity contribution >= 4 is 0 Å². The molecule has 0 aromatic carbocycles. The van der Waals surface area contributed by atoms with Crippen LogP contribution in [-0.4, -0.2) is 22.4 Å². The van der Waals surface area contributed by atoms with Gasteiger partial charge in [-0.2, -0.15) is 5.10 Å². The minimum absolute atomic E-state index is 0.686. The molecule has 2 rings (SSSR count). The minimum atomic E-state index is 0.686. The molecule has 3 nitrogen and oxygen atoms in total. The third kappa shape index (κ3) is 4.93. The van der Waals surface area contributed by atoms with Gasteiger partial charge in [0.1, 0.15) is 0 Å². The highest BCUT2D eigenvalue weighted by molar-refractivity contribution is 5.00. The molecule has 0 saturated heterocycles. The van der Waals surface area contributed by atoms with Gasteiger partial charge in [-0.05, 0) is 50.6 Å². The normalized spacial score (nSPS) is 17.7. The molecule has 1 aliphatic rings. The van der Waals surface area contributed by atoms with Crippen LogP contribution in [0.3, 0.4) is 0 Å². The summed E-state index contributed by atoms with van der Waals surface area (Å²) < 4.78 is 2.01. The number of rotatable bonds is 9. The Balaban J connectivity index is 1.75. The van der Waals surface area contributed by atoms with E-state index < -0.39 is 0 Å². The molecule has 3 heteroatoms. The molecule has 0 bridgehead atoms. The van der Waals surface area contributed by atoms with Gasteiger partial charge in [0.05, 0.1) is 0 Å². The summed E-state index contributed by atoms with van der Waals surface area (Å²) in [4.78, 5) is 0. The molecule has 1 aliphatic carbocycles. The molecule has 0 spiro atoms. The molecule has 1 heterocycles. The van der Waals surface area contributed by atoms with E-state index in [1.165, 1.54) is 57.1 Å². The zero-order chi connectivity index (χ0) is 14.2. The molecule has 1 aromatic heterocycles. The maximum atomic E-state index is 4.26. The Bertz CT molecular complexity index is 366. The molecular formula is C17H31N3. The number of aromatic nitrogens is 2. The van der Waals surface area contributed by atoms with E-state index in [1.807, 2.05) is 17.9 Å². The molecular weight excluding hydrogens is 246 g/mol. The van der Waals surface area contributed by atoms with E-state index in [1.54, 1.807) is 0 Å². The lowest BCUT2D eigenvalue weighted by atomic mass is 9.96. The third-order valence-electron chi connectivity index (χ3n) is 4.75. The summed E-state index contributed by atoms with van der Waals surface area (Å²) in [5.74, 6) is 1.01. The van der Waals surface area contributed by atoms with Crippen molar-refractivity contribution in [3.05, 3.63) is 18.0 Å². The van der Waals surface area contributed by atoms with Gasteiger partial charge in [0.15, 0.2) is 0 Å². The molecule has 20 heavy (non-hydrogen) atoms. The Morgan fingerprint density at radius 2 is 2.15 bits per heavy atom. The van der Waals surface area contributed by atoms with Crippen LogP contribution in [0.5, 0.6) is 0 Å². The van der Waals surface area contributed by atoms with E-state index in [0.717, 1.165) is 18.9 Å². The van der Waals surface area contributed by atoms with E-state index in [4.69, 9.17) is 0 Å². The number of nitrogens with one attached hydrogen (secondary N) is 1. The second-order valence-electron chi connectivity index (χ2n) is 6.36. The third-order valence-corrected chi connectivity index (χ3v) is 4.75. The first-order valence-electron chi connectivity index (χ1n) is 8.50. The topological polar surface area (TPSA) is 29.9 Å². The van der Waals surface area contributed by atoms with Crippen molar-refractivity contribution in [1.82, 2.24) is 15.1 Å². The maximum Gasteiger partial charge on any atom is 0.0492 e. The maximum absolute atomic E-state index is 4.26. The average molecular weight is 277 g/mol. The minimum Gasteiger partial charge on any atom is -0.314 e. The summed E-state index contributed by atoms with van der Waals surface area (Å²) >= 11 is 0. The second kappa shape index (κ2) is 8.46. The van der Waals surface area contributed by atoms with Crippen LogP contribution in [0.4, 0.5) is 0 Å². The zero-order valence-electron chi connectivity index (χ0n) is 13.3. The van der Waals surface area contributed by atoms with E-state index >= 15 is 0 Å². The predicted molar refractivity (Wildman–Crippen MR) is 84.8 cm³/mol. The molecule has 1 unspecified atom stereocenters. The van der Waals surface area contributed by atoms with Gasteiger partial charge in [0.25, 0.3) is 0 Å².